The minimum atomic E-state index is -4.09. The number of benzene rings is 1. The maximum Gasteiger partial charge on any atom is 0.338 e. The molecule has 0 amide bonds. The van der Waals surface area contributed by atoms with Crippen molar-refractivity contribution in [2.45, 2.75) is 11.3 Å². The van der Waals surface area contributed by atoms with Crippen LogP contribution in [0, 0.1) is 0 Å². The molecule has 20 heavy (non-hydrogen) atoms. The molecule has 0 aliphatic rings. The number of carbonyl (C=O) groups is 1. The molecular weight excluding hydrogens is 329 g/mol. The van der Waals surface area contributed by atoms with Crippen LogP contribution in [0.5, 0.6) is 0 Å². The Morgan fingerprint density at radius 3 is 2.50 bits per heavy atom. The summed E-state index contributed by atoms with van der Waals surface area (Å²) in [6.07, 6.45) is 0.519. The summed E-state index contributed by atoms with van der Waals surface area (Å²) in [5, 5.41) is 4.67. The SMILES string of the molecule is COCCCOC(=O)c1cc(Cl)c(Cl)c(S(N)(=O)=O)c1. The Bertz CT molecular complexity index is 603. The Morgan fingerprint density at radius 2 is 1.95 bits per heavy atom. The maximum absolute atomic E-state index is 11.8. The minimum Gasteiger partial charge on any atom is -0.462 e. The van der Waals surface area contributed by atoms with Gasteiger partial charge < -0.3 is 9.47 Å². The number of sulfonamides is 1. The van der Waals surface area contributed by atoms with Gasteiger partial charge in [-0.2, -0.15) is 0 Å². The van der Waals surface area contributed by atoms with Gasteiger partial charge in [-0.3, -0.25) is 0 Å². The number of hydrogen-bond donors (Lipinski definition) is 1. The lowest BCUT2D eigenvalue weighted by Crippen LogP contribution is -2.15. The van der Waals surface area contributed by atoms with Crippen molar-refractivity contribution in [3.63, 3.8) is 0 Å². The van der Waals surface area contributed by atoms with Gasteiger partial charge in [0.05, 0.1) is 22.2 Å². The summed E-state index contributed by atoms with van der Waals surface area (Å²) in [5.41, 5.74) is -0.0409. The molecule has 0 saturated heterocycles. The van der Waals surface area contributed by atoms with E-state index in [2.05, 4.69) is 0 Å². The van der Waals surface area contributed by atoms with Crippen LogP contribution in [0.3, 0.4) is 0 Å². The van der Waals surface area contributed by atoms with Crippen LogP contribution < -0.4 is 5.14 Å². The molecule has 0 saturated carbocycles. The Morgan fingerprint density at radius 1 is 1.30 bits per heavy atom. The van der Waals surface area contributed by atoms with Gasteiger partial charge in [0.1, 0.15) is 4.90 Å². The number of methoxy groups -OCH3 is 1. The highest BCUT2D eigenvalue weighted by Crippen LogP contribution is 2.30. The number of nitrogens with two attached hydrogens (primary N) is 1. The summed E-state index contributed by atoms with van der Waals surface area (Å²) in [7, 11) is -2.56. The van der Waals surface area contributed by atoms with Crippen LogP contribution in [0.4, 0.5) is 0 Å². The van der Waals surface area contributed by atoms with E-state index in [0.29, 0.717) is 13.0 Å². The van der Waals surface area contributed by atoms with Crippen molar-refractivity contribution in [1.29, 1.82) is 0 Å². The fourth-order valence-corrected chi connectivity index (χ4v) is 2.70. The number of primary sulfonamides is 1. The molecule has 0 spiro atoms. The summed E-state index contributed by atoms with van der Waals surface area (Å²) >= 11 is 11.5. The maximum atomic E-state index is 11.8. The van der Waals surface area contributed by atoms with E-state index in [9.17, 15) is 13.2 Å². The van der Waals surface area contributed by atoms with E-state index in [4.69, 9.17) is 37.8 Å². The predicted octanol–water partition coefficient (Wildman–Crippen LogP) is 1.83. The first-order chi connectivity index (χ1) is 9.27. The zero-order valence-electron chi connectivity index (χ0n) is 10.6. The number of esters is 1. The van der Waals surface area contributed by atoms with Gasteiger partial charge in [0.25, 0.3) is 0 Å². The third-order valence-electron chi connectivity index (χ3n) is 2.26. The lowest BCUT2D eigenvalue weighted by Gasteiger charge is -2.08. The zero-order valence-corrected chi connectivity index (χ0v) is 12.9. The van der Waals surface area contributed by atoms with Gasteiger partial charge in [0, 0.05) is 20.1 Å². The van der Waals surface area contributed by atoms with Crippen molar-refractivity contribution >= 4 is 39.2 Å². The van der Waals surface area contributed by atoms with Crippen LogP contribution in [0.1, 0.15) is 16.8 Å². The third kappa shape index (κ3) is 4.60. The topological polar surface area (TPSA) is 95.7 Å². The first-order valence-electron chi connectivity index (χ1n) is 5.45. The molecule has 9 heteroatoms. The van der Waals surface area contributed by atoms with Crippen LogP contribution in [-0.4, -0.2) is 34.7 Å². The summed E-state index contributed by atoms with van der Waals surface area (Å²) < 4.78 is 32.4. The highest BCUT2D eigenvalue weighted by atomic mass is 35.5. The first-order valence-corrected chi connectivity index (χ1v) is 7.75. The van der Waals surface area contributed by atoms with Gasteiger partial charge >= 0.3 is 5.97 Å². The Labute approximate surface area is 126 Å². The third-order valence-corrected chi connectivity index (χ3v) is 4.11. The second-order valence-corrected chi connectivity index (χ2v) is 6.11. The fourth-order valence-electron chi connectivity index (χ4n) is 1.34. The van der Waals surface area contributed by atoms with Gasteiger partial charge in [-0.05, 0) is 12.1 Å². The van der Waals surface area contributed by atoms with Crippen molar-refractivity contribution in [3.05, 3.63) is 27.7 Å². The number of ether oxygens (including phenoxy) is 2. The van der Waals surface area contributed by atoms with Gasteiger partial charge in [-0.1, -0.05) is 23.2 Å². The lowest BCUT2D eigenvalue weighted by molar-refractivity contribution is 0.0468. The highest BCUT2D eigenvalue weighted by molar-refractivity contribution is 7.89. The van der Waals surface area contributed by atoms with Crippen molar-refractivity contribution in [3.8, 4) is 0 Å². The van der Waals surface area contributed by atoms with Gasteiger partial charge in [0.2, 0.25) is 10.0 Å². The first kappa shape index (κ1) is 17.2. The molecule has 0 aliphatic carbocycles. The largest absolute Gasteiger partial charge is 0.462 e. The average molecular weight is 342 g/mol. The van der Waals surface area contributed by atoms with Gasteiger partial charge in [0.15, 0.2) is 0 Å². The number of hydrogen-bond acceptors (Lipinski definition) is 5. The molecule has 112 valence electrons. The van der Waals surface area contributed by atoms with E-state index in [-0.39, 0.29) is 22.2 Å². The second kappa shape index (κ2) is 7.24. The van der Waals surface area contributed by atoms with E-state index in [1.807, 2.05) is 0 Å². The molecule has 0 bridgehead atoms. The molecule has 1 aromatic rings. The zero-order chi connectivity index (χ0) is 15.3. The molecular formula is C11H13Cl2NO5S. The van der Waals surface area contributed by atoms with E-state index >= 15 is 0 Å². The molecule has 0 radical (unpaired) electrons. The molecule has 1 rings (SSSR count). The minimum absolute atomic E-state index is 0.0409. The van der Waals surface area contributed by atoms with E-state index in [1.54, 1.807) is 0 Å². The Hall–Kier alpha value is -0.860. The standard InChI is InChI=1S/C11H13Cl2NO5S/c1-18-3-2-4-19-11(15)7-5-8(12)10(13)9(6-7)20(14,16)17/h5-6H,2-4H2,1H3,(H2,14,16,17). The van der Waals surface area contributed by atoms with Crippen molar-refractivity contribution in [2.24, 2.45) is 5.14 Å². The highest BCUT2D eigenvalue weighted by Gasteiger charge is 2.20. The van der Waals surface area contributed by atoms with Crippen LogP contribution in [0.2, 0.25) is 10.0 Å². The van der Waals surface area contributed by atoms with Crippen LogP contribution in [0.25, 0.3) is 0 Å². The summed E-state index contributed by atoms with van der Waals surface area (Å²) in [4.78, 5) is 11.3. The number of rotatable bonds is 6. The van der Waals surface area contributed by atoms with E-state index in [1.165, 1.54) is 13.2 Å². The Kier molecular flexibility index (Phi) is 6.22. The molecule has 0 fully saturated rings. The van der Waals surface area contributed by atoms with Crippen molar-refractivity contribution in [1.82, 2.24) is 0 Å². The van der Waals surface area contributed by atoms with Gasteiger partial charge in [-0.15, -0.1) is 0 Å². The van der Waals surface area contributed by atoms with Crippen molar-refractivity contribution < 1.29 is 22.7 Å². The number of carbonyl (C=O) groups excluding carboxylic acids is 1. The second-order valence-electron chi connectivity index (χ2n) is 3.80. The monoisotopic (exact) mass is 341 g/mol. The summed E-state index contributed by atoms with van der Waals surface area (Å²) in [6, 6.07) is 2.25. The van der Waals surface area contributed by atoms with E-state index < -0.39 is 20.9 Å². The summed E-state index contributed by atoms with van der Waals surface area (Å²) in [6.45, 7) is 0.578. The molecule has 0 aromatic heterocycles. The fraction of sp³-hybridized carbons (Fsp3) is 0.364. The molecule has 2 N–H and O–H groups in total. The van der Waals surface area contributed by atoms with Crippen molar-refractivity contribution in [2.75, 3.05) is 20.3 Å². The molecule has 0 atom stereocenters. The quantitative estimate of drug-likeness (QED) is 0.629. The Balaban J connectivity index is 2.97. The summed E-state index contributed by atoms with van der Waals surface area (Å²) in [5.74, 6) is -0.718. The average Bonchev–Trinajstić information content (AvgIpc) is 2.36. The lowest BCUT2D eigenvalue weighted by atomic mass is 10.2. The van der Waals surface area contributed by atoms with E-state index in [0.717, 1.165) is 6.07 Å². The predicted molar refractivity (Wildman–Crippen MR) is 74.6 cm³/mol. The molecule has 0 heterocycles. The smallest absolute Gasteiger partial charge is 0.338 e. The molecule has 6 nitrogen and oxygen atoms in total. The normalized spacial score (nSPS) is 11.4. The van der Waals surface area contributed by atoms with Crippen LogP contribution >= 0.6 is 23.2 Å². The molecule has 1 aromatic carbocycles. The molecule has 0 aliphatic heterocycles. The van der Waals surface area contributed by atoms with Crippen LogP contribution in [0.15, 0.2) is 17.0 Å². The number of halogens is 2. The van der Waals surface area contributed by atoms with Crippen LogP contribution in [-0.2, 0) is 19.5 Å². The molecule has 0 unspecified atom stereocenters. The van der Waals surface area contributed by atoms with Gasteiger partial charge in [-0.25, -0.2) is 18.4 Å².